The number of aryl methyl sites for hydroxylation is 2. The maximum absolute atomic E-state index is 12.1. The molecule has 0 aliphatic rings. The smallest absolute Gasteiger partial charge is 0.226 e. The lowest BCUT2D eigenvalue weighted by Crippen LogP contribution is -2.31. The molecule has 0 saturated heterocycles. The summed E-state index contributed by atoms with van der Waals surface area (Å²) < 4.78 is 0. The maximum Gasteiger partial charge on any atom is 0.226 e. The van der Waals surface area contributed by atoms with Crippen LogP contribution in [-0.2, 0) is 9.59 Å². The molecule has 2 aromatic carbocycles. The monoisotopic (exact) mass is 344 g/mol. The Kier molecular flexibility index (Phi) is 5.99. The zero-order valence-electron chi connectivity index (χ0n) is 14.1. The van der Waals surface area contributed by atoms with Crippen LogP contribution in [0.1, 0.15) is 24.5 Å². The van der Waals surface area contributed by atoms with Gasteiger partial charge in [0.1, 0.15) is 0 Å². The molecule has 0 fully saturated rings. The standard InChI is InChI=1S/C19H21ClN2O2/c1-13-4-8-17(9-5-13)22(15(3)23)11-10-19(24)21-16-7-6-14(2)18(20)12-16/h4-9,12H,10-11H2,1-3H3,(H,21,24). The highest BCUT2D eigenvalue weighted by Crippen LogP contribution is 2.20. The van der Waals surface area contributed by atoms with E-state index in [2.05, 4.69) is 5.32 Å². The van der Waals surface area contributed by atoms with Crippen LogP contribution in [0.5, 0.6) is 0 Å². The van der Waals surface area contributed by atoms with Gasteiger partial charge in [0.15, 0.2) is 0 Å². The van der Waals surface area contributed by atoms with E-state index in [1.807, 2.05) is 50.2 Å². The first-order valence-corrected chi connectivity index (χ1v) is 8.15. The van der Waals surface area contributed by atoms with Gasteiger partial charge >= 0.3 is 0 Å². The molecule has 0 aliphatic carbocycles. The van der Waals surface area contributed by atoms with E-state index in [0.29, 0.717) is 17.3 Å². The maximum atomic E-state index is 12.1. The fourth-order valence-electron chi connectivity index (χ4n) is 2.30. The highest BCUT2D eigenvalue weighted by Gasteiger charge is 2.13. The van der Waals surface area contributed by atoms with Crippen molar-refractivity contribution in [2.24, 2.45) is 0 Å². The Hall–Kier alpha value is -2.33. The first-order chi connectivity index (χ1) is 11.4. The average molecular weight is 345 g/mol. The molecule has 0 radical (unpaired) electrons. The van der Waals surface area contributed by atoms with Crippen LogP contribution < -0.4 is 10.2 Å². The normalized spacial score (nSPS) is 10.3. The number of nitrogens with one attached hydrogen (secondary N) is 1. The minimum Gasteiger partial charge on any atom is -0.326 e. The second-order valence-electron chi connectivity index (χ2n) is 5.77. The topological polar surface area (TPSA) is 49.4 Å². The number of carbonyl (C=O) groups is 2. The van der Waals surface area contributed by atoms with Crippen LogP contribution in [-0.4, -0.2) is 18.4 Å². The third-order valence-electron chi connectivity index (χ3n) is 3.74. The minimum absolute atomic E-state index is 0.0926. The van der Waals surface area contributed by atoms with Crippen LogP contribution >= 0.6 is 11.6 Å². The Balaban J connectivity index is 1.98. The van der Waals surface area contributed by atoms with E-state index in [0.717, 1.165) is 16.8 Å². The fraction of sp³-hybridized carbons (Fsp3) is 0.263. The van der Waals surface area contributed by atoms with E-state index in [-0.39, 0.29) is 18.2 Å². The summed E-state index contributed by atoms with van der Waals surface area (Å²) in [4.78, 5) is 25.6. The van der Waals surface area contributed by atoms with Gasteiger partial charge in [0, 0.05) is 36.3 Å². The van der Waals surface area contributed by atoms with Gasteiger partial charge in [-0.1, -0.05) is 35.4 Å². The molecule has 2 amide bonds. The number of hydrogen-bond donors (Lipinski definition) is 1. The summed E-state index contributed by atoms with van der Waals surface area (Å²) in [5.41, 5.74) is 3.52. The van der Waals surface area contributed by atoms with Gasteiger partial charge < -0.3 is 10.2 Å². The fourth-order valence-corrected chi connectivity index (χ4v) is 2.48. The lowest BCUT2D eigenvalue weighted by atomic mass is 10.2. The molecule has 1 N–H and O–H groups in total. The lowest BCUT2D eigenvalue weighted by molar-refractivity contribution is -0.117. The van der Waals surface area contributed by atoms with Crippen LogP contribution in [0.3, 0.4) is 0 Å². The Morgan fingerprint density at radius 3 is 2.33 bits per heavy atom. The second kappa shape index (κ2) is 7.97. The lowest BCUT2D eigenvalue weighted by Gasteiger charge is -2.21. The molecule has 0 atom stereocenters. The number of halogens is 1. The molecular weight excluding hydrogens is 324 g/mol. The summed E-state index contributed by atoms with van der Waals surface area (Å²) in [6.45, 7) is 5.71. The predicted octanol–water partition coefficient (Wildman–Crippen LogP) is 4.34. The van der Waals surface area contributed by atoms with E-state index in [1.165, 1.54) is 6.92 Å². The summed E-state index contributed by atoms with van der Waals surface area (Å²) in [5, 5.41) is 3.41. The summed E-state index contributed by atoms with van der Waals surface area (Å²) in [6, 6.07) is 13.0. The van der Waals surface area contributed by atoms with Gasteiger partial charge in [-0.2, -0.15) is 0 Å². The summed E-state index contributed by atoms with van der Waals surface area (Å²) in [6.07, 6.45) is 0.207. The summed E-state index contributed by atoms with van der Waals surface area (Å²) in [7, 11) is 0. The van der Waals surface area contributed by atoms with Crippen molar-refractivity contribution in [1.29, 1.82) is 0 Å². The molecule has 24 heavy (non-hydrogen) atoms. The van der Waals surface area contributed by atoms with Crippen LogP contribution in [0.4, 0.5) is 11.4 Å². The molecule has 2 aromatic rings. The van der Waals surface area contributed by atoms with E-state index in [4.69, 9.17) is 11.6 Å². The number of nitrogens with zero attached hydrogens (tertiary/aromatic N) is 1. The van der Waals surface area contributed by atoms with E-state index >= 15 is 0 Å². The third kappa shape index (κ3) is 4.83. The van der Waals surface area contributed by atoms with Gasteiger partial charge in [-0.05, 0) is 43.7 Å². The van der Waals surface area contributed by atoms with Gasteiger partial charge in [-0.25, -0.2) is 0 Å². The molecule has 5 heteroatoms. The first-order valence-electron chi connectivity index (χ1n) is 7.77. The minimum atomic E-state index is -0.159. The third-order valence-corrected chi connectivity index (χ3v) is 4.15. The number of amides is 2. The SMILES string of the molecule is CC(=O)N(CCC(=O)Nc1ccc(C)c(Cl)c1)c1ccc(C)cc1. The predicted molar refractivity (Wildman–Crippen MR) is 98.6 cm³/mol. The number of benzene rings is 2. The van der Waals surface area contributed by atoms with Crippen molar-refractivity contribution < 1.29 is 9.59 Å². The van der Waals surface area contributed by atoms with Gasteiger partial charge in [0.25, 0.3) is 0 Å². The number of anilines is 2. The molecule has 4 nitrogen and oxygen atoms in total. The van der Waals surface area contributed by atoms with Gasteiger partial charge in [0.05, 0.1) is 0 Å². The van der Waals surface area contributed by atoms with E-state index in [1.54, 1.807) is 11.0 Å². The molecule has 0 aromatic heterocycles. The molecule has 126 valence electrons. The molecule has 0 heterocycles. The Morgan fingerprint density at radius 1 is 1.08 bits per heavy atom. The summed E-state index contributed by atoms with van der Waals surface area (Å²) >= 11 is 6.05. The number of rotatable bonds is 5. The van der Waals surface area contributed by atoms with E-state index < -0.39 is 0 Å². The van der Waals surface area contributed by atoms with Gasteiger partial charge in [0.2, 0.25) is 11.8 Å². The van der Waals surface area contributed by atoms with Gasteiger partial charge in [-0.3, -0.25) is 9.59 Å². The second-order valence-corrected chi connectivity index (χ2v) is 6.18. The zero-order chi connectivity index (χ0) is 17.7. The Morgan fingerprint density at radius 2 is 1.75 bits per heavy atom. The first kappa shape index (κ1) is 18.0. The van der Waals surface area contributed by atoms with Crippen molar-refractivity contribution in [2.45, 2.75) is 27.2 Å². The average Bonchev–Trinajstić information content (AvgIpc) is 2.52. The highest BCUT2D eigenvalue weighted by molar-refractivity contribution is 6.31. The Labute approximate surface area is 147 Å². The van der Waals surface area contributed by atoms with Crippen molar-refractivity contribution in [2.75, 3.05) is 16.8 Å². The van der Waals surface area contributed by atoms with Crippen molar-refractivity contribution >= 4 is 34.8 Å². The zero-order valence-corrected chi connectivity index (χ0v) is 14.9. The van der Waals surface area contributed by atoms with Crippen molar-refractivity contribution in [1.82, 2.24) is 0 Å². The molecule has 0 bridgehead atoms. The van der Waals surface area contributed by atoms with Crippen LogP contribution in [0.15, 0.2) is 42.5 Å². The highest BCUT2D eigenvalue weighted by atomic mass is 35.5. The molecule has 0 spiro atoms. The molecule has 0 aliphatic heterocycles. The van der Waals surface area contributed by atoms with Crippen molar-refractivity contribution in [3.63, 3.8) is 0 Å². The summed E-state index contributed by atoms with van der Waals surface area (Å²) in [5.74, 6) is -0.252. The van der Waals surface area contributed by atoms with Crippen LogP contribution in [0.25, 0.3) is 0 Å². The van der Waals surface area contributed by atoms with E-state index in [9.17, 15) is 9.59 Å². The largest absolute Gasteiger partial charge is 0.326 e. The quantitative estimate of drug-likeness (QED) is 0.877. The molecular formula is C19H21ClN2O2. The Bertz CT molecular complexity index is 742. The van der Waals surface area contributed by atoms with Crippen molar-refractivity contribution in [3.05, 3.63) is 58.6 Å². The van der Waals surface area contributed by atoms with Crippen LogP contribution in [0.2, 0.25) is 5.02 Å². The molecule has 0 unspecified atom stereocenters. The van der Waals surface area contributed by atoms with Gasteiger partial charge in [-0.15, -0.1) is 0 Å². The number of hydrogen-bond acceptors (Lipinski definition) is 2. The number of carbonyl (C=O) groups excluding carboxylic acids is 2. The van der Waals surface area contributed by atoms with Crippen LogP contribution in [0, 0.1) is 13.8 Å². The van der Waals surface area contributed by atoms with Crippen molar-refractivity contribution in [3.8, 4) is 0 Å². The molecule has 0 saturated carbocycles. The molecule has 2 rings (SSSR count).